The number of halogens is 1. The Labute approximate surface area is 175 Å². The van der Waals surface area contributed by atoms with Crippen LogP contribution < -0.4 is 5.32 Å². The number of hydrogen-bond donors (Lipinski definition) is 3. The van der Waals surface area contributed by atoms with E-state index in [2.05, 4.69) is 10.3 Å². The summed E-state index contributed by atoms with van der Waals surface area (Å²) in [5, 5.41) is 22.5. The lowest BCUT2D eigenvalue weighted by Gasteiger charge is -2.23. The summed E-state index contributed by atoms with van der Waals surface area (Å²) in [6, 6.07) is 7.60. The molecule has 1 atom stereocenters. The lowest BCUT2D eigenvalue weighted by Crippen LogP contribution is -2.43. The van der Waals surface area contributed by atoms with E-state index in [1.165, 1.54) is 40.7 Å². The zero-order valence-corrected chi connectivity index (χ0v) is 17.3. The van der Waals surface area contributed by atoms with Crippen molar-refractivity contribution in [3.63, 3.8) is 0 Å². The third-order valence-corrected chi connectivity index (χ3v) is 7.75. The smallest absolute Gasteiger partial charge is 0.244 e. The van der Waals surface area contributed by atoms with E-state index in [0.29, 0.717) is 28.1 Å². The molecule has 0 bridgehead atoms. The fourth-order valence-corrected chi connectivity index (χ4v) is 5.89. The lowest BCUT2D eigenvalue weighted by atomic mass is 10.2. The number of benzene rings is 2. The van der Waals surface area contributed by atoms with E-state index < -0.39 is 22.0 Å². The van der Waals surface area contributed by atoms with Gasteiger partial charge in [-0.15, -0.1) is 0 Å². The van der Waals surface area contributed by atoms with Crippen LogP contribution in [0.2, 0.25) is 5.02 Å². The summed E-state index contributed by atoms with van der Waals surface area (Å²) in [6.07, 6.45) is 0.956. The SMILES string of the molecule is O=C(Nc1nc2cc(O)c(O)cc2s1)[C@@H]1CCCN1S(=O)(=O)c1ccc(Cl)cc1. The second-order valence-electron chi connectivity index (χ2n) is 6.54. The molecule has 2 aromatic carbocycles. The molecule has 8 nitrogen and oxygen atoms in total. The Morgan fingerprint density at radius 1 is 1.21 bits per heavy atom. The van der Waals surface area contributed by atoms with Crippen LogP contribution in [-0.2, 0) is 14.8 Å². The van der Waals surface area contributed by atoms with Gasteiger partial charge in [-0.1, -0.05) is 22.9 Å². The Kier molecular flexibility index (Phi) is 5.11. The maximum Gasteiger partial charge on any atom is 0.244 e. The van der Waals surface area contributed by atoms with Crippen LogP contribution in [-0.4, -0.2) is 46.4 Å². The number of phenolic OH excluding ortho intramolecular Hbond substituents is 2. The van der Waals surface area contributed by atoms with Crippen LogP contribution in [0.5, 0.6) is 11.5 Å². The van der Waals surface area contributed by atoms with Crippen LogP contribution in [0.3, 0.4) is 0 Å². The van der Waals surface area contributed by atoms with Crippen molar-refractivity contribution in [3.8, 4) is 11.5 Å². The lowest BCUT2D eigenvalue weighted by molar-refractivity contribution is -0.119. The van der Waals surface area contributed by atoms with Gasteiger partial charge >= 0.3 is 0 Å². The number of rotatable bonds is 4. The molecule has 1 fully saturated rings. The third kappa shape index (κ3) is 3.76. The number of amides is 1. The van der Waals surface area contributed by atoms with Crippen molar-refractivity contribution in [2.45, 2.75) is 23.8 Å². The maximum atomic E-state index is 13.0. The molecule has 0 radical (unpaired) electrons. The van der Waals surface area contributed by atoms with Crippen molar-refractivity contribution in [3.05, 3.63) is 41.4 Å². The third-order valence-electron chi connectivity index (χ3n) is 4.64. The minimum absolute atomic E-state index is 0.0764. The van der Waals surface area contributed by atoms with Crippen LogP contribution in [0, 0.1) is 0 Å². The highest BCUT2D eigenvalue weighted by Gasteiger charge is 2.39. The molecular weight excluding hydrogens is 438 g/mol. The molecule has 29 heavy (non-hydrogen) atoms. The molecule has 152 valence electrons. The van der Waals surface area contributed by atoms with Crippen molar-refractivity contribution >= 4 is 54.2 Å². The fraction of sp³-hybridized carbons (Fsp3) is 0.222. The van der Waals surface area contributed by atoms with E-state index in [1.807, 2.05) is 0 Å². The molecule has 0 spiro atoms. The minimum Gasteiger partial charge on any atom is -0.504 e. The molecule has 2 heterocycles. The number of aromatic hydroxyl groups is 2. The normalized spacial score (nSPS) is 17.6. The number of hydrogen-bond acceptors (Lipinski definition) is 7. The molecular formula is C18H16ClN3O5S2. The first-order chi connectivity index (χ1) is 13.8. The van der Waals surface area contributed by atoms with E-state index in [-0.39, 0.29) is 28.1 Å². The van der Waals surface area contributed by atoms with Crippen LogP contribution in [0.25, 0.3) is 10.2 Å². The summed E-state index contributed by atoms with van der Waals surface area (Å²) >= 11 is 6.95. The first-order valence-electron chi connectivity index (χ1n) is 8.66. The molecule has 11 heteroatoms. The maximum absolute atomic E-state index is 13.0. The number of anilines is 1. The Balaban J connectivity index is 1.57. The summed E-state index contributed by atoms with van der Waals surface area (Å²) in [4.78, 5) is 17.1. The summed E-state index contributed by atoms with van der Waals surface area (Å²) in [6.45, 7) is 0.241. The predicted molar refractivity (Wildman–Crippen MR) is 110 cm³/mol. The highest BCUT2D eigenvalue weighted by atomic mass is 35.5. The first kappa shape index (κ1) is 19.9. The quantitative estimate of drug-likeness (QED) is 0.522. The number of fused-ring (bicyclic) bond motifs is 1. The molecule has 1 amide bonds. The van der Waals surface area contributed by atoms with Gasteiger partial charge in [-0.2, -0.15) is 4.31 Å². The van der Waals surface area contributed by atoms with Gasteiger partial charge in [0.15, 0.2) is 16.6 Å². The van der Waals surface area contributed by atoms with Gasteiger partial charge in [0.25, 0.3) is 0 Å². The summed E-state index contributed by atoms with van der Waals surface area (Å²) in [5.74, 6) is -1.07. The molecule has 3 aromatic rings. The molecule has 1 saturated heterocycles. The van der Waals surface area contributed by atoms with E-state index >= 15 is 0 Å². The summed E-state index contributed by atoms with van der Waals surface area (Å²) in [5.41, 5.74) is 0.415. The second-order valence-corrected chi connectivity index (χ2v) is 9.90. The Morgan fingerprint density at radius 3 is 2.62 bits per heavy atom. The molecule has 1 aliphatic rings. The molecule has 0 aliphatic carbocycles. The Hall–Kier alpha value is -2.40. The molecule has 0 saturated carbocycles. The van der Waals surface area contributed by atoms with Crippen molar-refractivity contribution in [1.29, 1.82) is 0 Å². The monoisotopic (exact) mass is 453 g/mol. The number of aromatic nitrogens is 1. The standard InChI is InChI=1S/C18H16ClN3O5S2/c19-10-3-5-11(6-4-10)29(26,27)22-7-1-2-13(22)17(25)21-18-20-12-8-14(23)15(24)9-16(12)28-18/h3-6,8-9,13,23-24H,1-2,7H2,(H,20,21,25)/t13-/m0/s1. The fourth-order valence-electron chi connectivity index (χ4n) is 3.23. The van der Waals surface area contributed by atoms with Crippen LogP contribution >= 0.6 is 22.9 Å². The largest absolute Gasteiger partial charge is 0.504 e. The number of phenols is 2. The van der Waals surface area contributed by atoms with Gasteiger partial charge in [0.1, 0.15) is 6.04 Å². The average molecular weight is 454 g/mol. The zero-order chi connectivity index (χ0) is 20.8. The summed E-state index contributed by atoms with van der Waals surface area (Å²) in [7, 11) is -3.85. The van der Waals surface area contributed by atoms with Crippen molar-refractivity contribution in [2.75, 3.05) is 11.9 Å². The van der Waals surface area contributed by atoms with Crippen LogP contribution in [0.4, 0.5) is 5.13 Å². The predicted octanol–water partition coefficient (Wildman–Crippen LogP) is 3.15. The van der Waals surface area contributed by atoms with Gasteiger partial charge in [0.2, 0.25) is 15.9 Å². The van der Waals surface area contributed by atoms with E-state index in [1.54, 1.807) is 0 Å². The highest BCUT2D eigenvalue weighted by Crippen LogP contribution is 2.35. The van der Waals surface area contributed by atoms with Gasteiger partial charge in [-0.3, -0.25) is 4.79 Å². The van der Waals surface area contributed by atoms with Crippen molar-refractivity contribution < 1.29 is 23.4 Å². The number of nitrogens with zero attached hydrogens (tertiary/aromatic N) is 2. The molecule has 3 N–H and O–H groups in total. The first-order valence-corrected chi connectivity index (χ1v) is 11.3. The Bertz CT molecular complexity index is 1160. The van der Waals surface area contributed by atoms with E-state index in [4.69, 9.17) is 11.6 Å². The van der Waals surface area contributed by atoms with Crippen molar-refractivity contribution in [2.24, 2.45) is 0 Å². The highest BCUT2D eigenvalue weighted by molar-refractivity contribution is 7.89. The van der Waals surface area contributed by atoms with Crippen LogP contribution in [0.1, 0.15) is 12.8 Å². The number of carbonyl (C=O) groups is 1. The van der Waals surface area contributed by atoms with Gasteiger partial charge in [0.05, 0.1) is 15.1 Å². The van der Waals surface area contributed by atoms with Crippen molar-refractivity contribution in [1.82, 2.24) is 9.29 Å². The zero-order valence-electron chi connectivity index (χ0n) is 14.9. The number of nitrogens with one attached hydrogen (secondary N) is 1. The molecule has 4 rings (SSSR count). The number of thiazole rings is 1. The van der Waals surface area contributed by atoms with E-state index in [9.17, 15) is 23.4 Å². The second kappa shape index (κ2) is 7.45. The topological polar surface area (TPSA) is 120 Å². The van der Waals surface area contributed by atoms with Gasteiger partial charge in [0, 0.05) is 23.7 Å². The Morgan fingerprint density at radius 2 is 1.90 bits per heavy atom. The summed E-state index contributed by atoms with van der Waals surface area (Å²) < 4.78 is 27.7. The minimum atomic E-state index is -3.85. The average Bonchev–Trinajstić information content (AvgIpc) is 3.30. The van der Waals surface area contributed by atoms with Gasteiger partial charge in [-0.05, 0) is 37.1 Å². The molecule has 1 aliphatic heterocycles. The van der Waals surface area contributed by atoms with Gasteiger partial charge in [-0.25, -0.2) is 13.4 Å². The number of sulfonamides is 1. The molecule has 1 aromatic heterocycles. The van der Waals surface area contributed by atoms with Crippen LogP contribution in [0.15, 0.2) is 41.3 Å². The van der Waals surface area contributed by atoms with E-state index in [0.717, 1.165) is 11.3 Å². The molecule has 0 unspecified atom stereocenters. The van der Waals surface area contributed by atoms with Gasteiger partial charge < -0.3 is 15.5 Å². The number of carbonyl (C=O) groups excluding carboxylic acids is 1.